The van der Waals surface area contributed by atoms with Crippen molar-refractivity contribution < 1.29 is 119 Å². The first-order valence-electron chi connectivity index (χ1n) is 3.54. The van der Waals surface area contributed by atoms with Crippen LogP contribution in [0.15, 0.2) is 24.4 Å². The molecule has 0 aliphatic rings. The van der Waals surface area contributed by atoms with Crippen molar-refractivity contribution in [2.75, 3.05) is 7.05 Å². The van der Waals surface area contributed by atoms with Gasteiger partial charge in [-0.15, -0.1) is 0 Å². The first-order valence-corrected chi connectivity index (χ1v) is 3.91. The molecular formula is C8H17ClN2Rb2. The molecule has 0 bridgehead atoms. The van der Waals surface area contributed by atoms with Gasteiger partial charge in [-0.25, -0.2) is 4.98 Å². The summed E-state index contributed by atoms with van der Waals surface area (Å²) >= 11 is 5.43. The van der Waals surface area contributed by atoms with Gasteiger partial charge in [0.15, 0.2) is 0 Å². The minimum atomic E-state index is 0. The van der Waals surface area contributed by atoms with Crippen LogP contribution in [0.2, 0.25) is 5.15 Å². The Hall–Kier alpha value is 3.01. The van der Waals surface area contributed by atoms with E-state index in [-0.39, 0.29) is 119 Å². The molecule has 0 aromatic carbocycles. The maximum atomic E-state index is 5.43. The fourth-order valence-corrected chi connectivity index (χ4v) is 0.471. The van der Waals surface area contributed by atoms with E-state index < -0.39 is 0 Å². The molecule has 0 fully saturated rings. The molecule has 0 saturated carbocycles. The third-order valence-electron chi connectivity index (χ3n) is 0.629. The number of nitrogens with two attached hydrogens (primary N) is 1. The second-order valence-corrected chi connectivity index (χ2v) is 1.54. The summed E-state index contributed by atoms with van der Waals surface area (Å²) in [5, 5.41) is 0.544. The Morgan fingerprint density at radius 1 is 1.23 bits per heavy atom. The number of aromatic nitrogens is 1. The Morgan fingerprint density at radius 3 is 1.85 bits per heavy atom. The van der Waals surface area contributed by atoms with Gasteiger partial charge in [-0.1, -0.05) is 31.5 Å². The molecule has 0 aliphatic heterocycles. The van der Waals surface area contributed by atoms with Crippen LogP contribution in [0.5, 0.6) is 0 Å². The zero-order valence-corrected chi connectivity index (χ0v) is 19.8. The van der Waals surface area contributed by atoms with Crippen LogP contribution >= 0.6 is 11.6 Å². The van der Waals surface area contributed by atoms with Crippen molar-refractivity contribution in [3.05, 3.63) is 29.5 Å². The van der Waals surface area contributed by atoms with Gasteiger partial charge < -0.3 is 8.59 Å². The molecule has 2 nitrogen and oxygen atoms in total. The molecule has 1 aromatic heterocycles. The maximum Gasteiger partial charge on any atom is 1.00 e. The quantitative estimate of drug-likeness (QED) is 0.496. The Morgan fingerprint density at radius 2 is 1.69 bits per heavy atom. The molecule has 13 heavy (non-hydrogen) atoms. The molecule has 5 heteroatoms. The molecule has 2 N–H and O–H groups in total. The third-order valence-corrected chi connectivity index (χ3v) is 0.852. The standard InChI is InChI=1S/C5H4ClN.C2H6.CH5N.2Rb.2H/c6-5-3-1-2-4-7-5;2*1-2;;;;/h1-4H;1-2H3;2H2,1H3;;;;/q;;;2*+1;2*-1. The van der Waals surface area contributed by atoms with Gasteiger partial charge in [0.2, 0.25) is 0 Å². The van der Waals surface area contributed by atoms with Crippen molar-refractivity contribution in [2.24, 2.45) is 5.73 Å². The Balaban J connectivity index is -0.0000000231. The molecule has 0 unspecified atom stereocenters. The van der Waals surface area contributed by atoms with Gasteiger partial charge in [0.25, 0.3) is 0 Å². The molecule has 0 saturated heterocycles. The molecule has 0 spiro atoms. The molecule has 0 radical (unpaired) electrons. The van der Waals surface area contributed by atoms with Crippen LogP contribution in [0.25, 0.3) is 0 Å². The predicted octanol–water partition coefficient (Wildman–Crippen LogP) is -3.43. The second kappa shape index (κ2) is 24.3. The van der Waals surface area contributed by atoms with E-state index in [0.29, 0.717) is 5.15 Å². The third kappa shape index (κ3) is 21.0. The molecular weight excluding hydrogens is 330 g/mol. The summed E-state index contributed by atoms with van der Waals surface area (Å²) in [6, 6.07) is 5.41. The van der Waals surface area contributed by atoms with Crippen LogP contribution < -0.4 is 122 Å². The second-order valence-electron chi connectivity index (χ2n) is 1.15. The minimum absolute atomic E-state index is 0. The minimum Gasteiger partial charge on any atom is -1.00 e. The van der Waals surface area contributed by atoms with Crippen molar-refractivity contribution in [3.63, 3.8) is 0 Å². The summed E-state index contributed by atoms with van der Waals surface area (Å²) in [7, 11) is 1.50. The Labute approximate surface area is 187 Å². The van der Waals surface area contributed by atoms with E-state index in [1.807, 2.05) is 26.0 Å². The fraction of sp³-hybridized carbons (Fsp3) is 0.375. The summed E-state index contributed by atoms with van der Waals surface area (Å²) in [5.41, 5.74) is 4.50. The molecule has 68 valence electrons. The average Bonchev–Trinajstić information content (AvgIpc) is 2.13. The average molecular weight is 348 g/mol. The number of halogens is 1. The number of nitrogens with zero attached hydrogens (tertiary/aromatic N) is 1. The zero-order valence-electron chi connectivity index (χ0n) is 11.2. The summed E-state index contributed by atoms with van der Waals surface area (Å²) in [6.07, 6.45) is 1.66. The Bertz CT molecular complexity index is 159. The first-order chi connectivity index (χ1) is 5.39. The van der Waals surface area contributed by atoms with Crippen molar-refractivity contribution in [2.45, 2.75) is 13.8 Å². The largest absolute Gasteiger partial charge is 1.00 e. The summed E-state index contributed by atoms with van der Waals surface area (Å²) in [4.78, 5) is 3.74. The van der Waals surface area contributed by atoms with Gasteiger partial charge in [-0.2, -0.15) is 0 Å². The number of hydrogen-bond donors (Lipinski definition) is 1. The first kappa shape index (κ1) is 25.0. The van der Waals surface area contributed by atoms with E-state index in [1.165, 1.54) is 7.05 Å². The number of pyridine rings is 1. The molecule has 0 amide bonds. The summed E-state index contributed by atoms with van der Waals surface area (Å²) < 4.78 is 0. The van der Waals surface area contributed by atoms with Crippen LogP contribution in [0.4, 0.5) is 0 Å². The molecule has 1 heterocycles. The summed E-state index contributed by atoms with van der Waals surface area (Å²) in [6.45, 7) is 4.00. The van der Waals surface area contributed by atoms with Crippen molar-refractivity contribution in [3.8, 4) is 0 Å². The number of rotatable bonds is 0. The topological polar surface area (TPSA) is 38.9 Å². The summed E-state index contributed by atoms with van der Waals surface area (Å²) in [5.74, 6) is 0. The van der Waals surface area contributed by atoms with Crippen molar-refractivity contribution in [1.29, 1.82) is 0 Å². The normalized spacial score (nSPS) is 5.62. The fourth-order valence-electron chi connectivity index (χ4n) is 0.342. The molecule has 1 rings (SSSR count). The van der Waals surface area contributed by atoms with Gasteiger partial charge in [0.1, 0.15) is 5.15 Å². The van der Waals surface area contributed by atoms with E-state index in [0.717, 1.165) is 0 Å². The zero-order chi connectivity index (χ0) is 9.11. The number of hydrogen-bond acceptors (Lipinski definition) is 2. The van der Waals surface area contributed by atoms with E-state index >= 15 is 0 Å². The van der Waals surface area contributed by atoms with Crippen LogP contribution in [0, 0.1) is 0 Å². The van der Waals surface area contributed by atoms with Crippen LogP contribution in [-0.2, 0) is 0 Å². The molecule has 1 aromatic rings. The van der Waals surface area contributed by atoms with Gasteiger partial charge >= 0.3 is 116 Å². The molecule has 0 aliphatic carbocycles. The maximum absolute atomic E-state index is 5.43. The van der Waals surface area contributed by atoms with Gasteiger partial charge in [-0.3, -0.25) is 0 Å². The van der Waals surface area contributed by atoms with E-state index in [1.54, 1.807) is 12.3 Å². The van der Waals surface area contributed by atoms with Gasteiger partial charge in [0.05, 0.1) is 0 Å². The van der Waals surface area contributed by atoms with Gasteiger partial charge in [-0.05, 0) is 19.2 Å². The van der Waals surface area contributed by atoms with Crippen LogP contribution in [0.1, 0.15) is 16.7 Å². The van der Waals surface area contributed by atoms with E-state index in [2.05, 4.69) is 10.7 Å². The monoisotopic (exact) mass is 346 g/mol. The van der Waals surface area contributed by atoms with E-state index in [4.69, 9.17) is 11.6 Å². The Kier molecular flexibility index (Phi) is 46.8. The van der Waals surface area contributed by atoms with Crippen molar-refractivity contribution >= 4 is 11.6 Å². The molecule has 0 atom stereocenters. The van der Waals surface area contributed by atoms with Gasteiger partial charge in [0, 0.05) is 6.20 Å². The van der Waals surface area contributed by atoms with E-state index in [9.17, 15) is 0 Å². The smallest absolute Gasteiger partial charge is 1.00 e. The van der Waals surface area contributed by atoms with Crippen molar-refractivity contribution in [1.82, 2.24) is 4.98 Å². The van der Waals surface area contributed by atoms with Crippen LogP contribution in [-0.4, -0.2) is 12.0 Å². The SMILES string of the molecule is CC.CN.Clc1ccccn1.[H-].[H-].[Rb+].[Rb+]. The predicted molar refractivity (Wildman–Crippen MR) is 52.9 cm³/mol. The van der Waals surface area contributed by atoms with Crippen LogP contribution in [0.3, 0.4) is 0 Å².